The van der Waals surface area contributed by atoms with Crippen LogP contribution in [0.25, 0.3) is 5.69 Å². The van der Waals surface area contributed by atoms with E-state index in [1.807, 2.05) is 40.1 Å². The van der Waals surface area contributed by atoms with Crippen molar-refractivity contribution in [3.05, 3.63) is 91.2 Å². The number of aryl methyl sites for hydroxylation is 1. The molecule has 10 nitrogen and oxygen atoms in total. The summed E-state index contributed by atoms with van der Waals surface area (Å²) in [6, 6.07) is 8.98. The molecule has 3 aromatic heterocycles. The van der Waals surface area contributed by atoms with E-state index in [1.54, 1.807) is 54.1 Å². The van der Waals surface area contributed by atoms with E-state index in [0.717, 1.165) is 11.3 Å². The third-order valence-corrected chi connectivity index (χ3v) is 7.25. The van der Waals surface area contributed by atoms with Crippen molar-refractivity contribution >= 4 is 35.1 Å². The van der Waals surface area contributed by atoms with Gasteiger partial charge in [0.1, 0.15) is 5.69 Å². The SMILES string of the molecule is CCOC(=O)c1nn(-c2cnc(N(C)C)nc2OC)c(C(C)C)c1C(Cc1cc(Cl)cn(C)c1=O)c1ccc(Cl)cc1. The molecule has 4 rings (SSSR count). The standard InChI is InChI=1S/C30H34Cl2N6O4/c1-8-42-29(40)25-24(26(17(2)3)38(35-25)23-15-33-30(36(4)5)34-27(23)41-7)22(18-9-11-20(31)12-10-18)14-19-13-21(32)16-37(6)28(19)39/h9-13,15-17,22H,8,14H2,1-7H3. The summed E-state index contributed by atoms with van der Waals surface area (Å²) in [5.41, 5.74) is 3.04. The minimum atomic E-state index is -0.587. The molecule has 42 heavy (non-hydrogen) atoms. The van der Waals surface area contributed by atoms with Crippen LogP contribution in [0.2, 0.25) is 10.0 Å². The molecule has 0 bridgehead atoms. The van der Waals surface area contributed by atoms with Gasteiger partial charge in [0.05, 0.1) is 30.6 Å². The van der Waals surface area contributed by atoms with Crippen LogP contribution < -0.4 is 15.2 Å². The molecule has 12 heteroatoms. The Labute approximate surface area is 254 Å². The van der Waals surface area contributed by atoms with Crippen molar-refractivity contribution in [2.24, 2.45) is 7.05 Å². The number of rotatable bonds is 10. The Morgan fingerprint density at radius 3 is 2.40 bits per heavy atom. The number of pyridine rings is 1. The molecule has 0 spiro atoms. The number of anilines is 1. The van der Waals surface area contributed by atoms with Gasteiger partial charge in [-0.1, -0.05) is 49.2 Å². The highest BCUT2D eigenvalue weighted by atomic mass is 35.5. The minimum absolute atomic E-state index is 0.123. The van der Waals surface area contributed by atoms with E-state index in [2.05, 4.69) is 9.97 Å². The van der Waals surface area contributed by atoms with Gasteiger partial charge in [0.15, 0.2) is 5.69 Å². The highest BCUT2D eigenvalue weighted by Crippen LogP contribution is 2.39. The maximum Gasteiger partial charge on any atom is 0.359 e. The van der Waals surface area contributed by atoms with Gasteiger partial charge >= 0.3 is 5.97 Å². The van der Waals surface area contributed by atoms with Crippen LogP contribution in [0, 0.1) is 0 Å². The predicted octanol–water partition coefficient (Wildman–Crippen LogP) is 5.42. The Morgan fingerprint density at radius 1 is 1.12 bits per heavy atom. The van der Waals surface area contributed by atoms with E-state index >= 15 is 0 Å². The van der Waals surface area contributed by atoms with Gasteiger partial charge in [-0.05, 0) is 43.0 Å². The van der Waals surface area contributed by atoms with Crippen LogP contribution in [-0.2, 0) is 18.2 Å². The van der Waals surface area contributed by atoms with Crippen LogP contribution in [0.1, 0.15) is 65.5 Å². The van der Waals surface area contributed by atoms with E-state index in [9.17, 15) is 9.59 Å². The molecule has 0 saturated carbocycles. The lowest BCUT2D eigenvalue weighted by molar-refractivity contribution is 0.0517. The minimum Gasteiger partial charge on any atom is -0.479 e. The molecule has 1 unspecified atom stereocenters. The number of ether oxygens (including phenoxy) is 2. The summed E-state index contributed by atoms with van der Waals surface area (Å²) in [5, 5.41) is 5.79. The average molecular weight is 614 g/mol. The number of benzene rings is 1. The van der Waals surface area contributed by atoms with E-state index in [4.69, 9.17) is 37.8 Å². The lowest BCUT2D eigenvalue weighted by Crippen LogP contribution is -2.23. The molecular weight excluding hydrogens is 579 g/mol. The van der Waals surface area contributed by atoms with E-state index in [-0.39, 0.29) is 36.1 Å². The van der Waals surface area contributed by atoms with Crippen molar-refractivity contribution in [3.8, 4) is 11.6 Å². The Bertz CT molecular complexity index is 1650. The maximum atomic E-state index is 13.5. The van der Waals surface area contributed by atoms with Gasteiger partial charge < -0.3 is 18.9 Å². The lowest BCUT2D eigenvalue weighted by Gasteiger charge is -2.22. The molecule has 0 aliphatic carbocycles. The number of aromatic nitrogens is 5. The van der Waals surface area contributed by atoms with Crippen molar-refractivity contribution in [1.82, 2.24) is 24.3 Å². The molecule has 0 aliphatic rings. The molecule has 3 heterocycles. The predicted molar refractivity (Wildman–Crippen MR) is 164 cm³/mol. The van der Waals surface area contributed by atoms with Gasteiger partial charge in [0.25, 0.3) is 5.56 Å². The molecule has 0 fully saturated rings. The number of methoxy groups -OCH3 is 1. The molecule has 0 radical (unpaired) electrons. The van der Waals surface area contributed by atoms with E-state index in [0.29, 0.717) is 32.8 Å². The lowest BCUT2D eigenvalue weighted by atomic mass is 9.83. The zero-order valence-electron chi connectivity index (χ0n) is 24.7. The second-order valence-electron chi connectivity index (χ2n) is 10.3. The quantitative estimate of drug-likeness (QED) is 0.219. The molecule has 0 N–H and O–H groups in total. The fourth-order valence-corrected chi connectivity index (χ4v) is 5.33. The zero-order chi connectivity index (χ0) is 30.7. The van der Waals surface area contributed by atoms with Crippen LogP contribution in [0.15, 0.2) is 47.5 Å². The first-order valence-corrected chi connectivity index (χ1v) is 14.2. The summed E-state index contributed by atoms with van der Waals surface area (Å²) in [5.74, 6) is -0.476. The number of carbonyl (C=O) groups excluding carboxylic acids is 1. The topological polar surface area (TPSA) is 104 Å². The van der Waals surface area contributed by atoms with Crippen molar-refractivity contribution < 1.29 is 14.3 Å². The first kappa shape index (κ1) is 31.1. The molecule has 222 valence electrons. The van der Waals surface area contributed by atoms with Gasteiger partial charge in [0, 0.05) is 49.4 Å². The van der Waals surface area contributed by atoms with Crippen molar-refractivity contribution in [3.63, 3.8) is 0 Å². The Hall–Kier alpha value is -3.89. The van der Waals surface area contributed by atoms with E-state index in [1.165, 1.54) is 11.7 Å². The maximum absolute atomic E-state index is 13.5. The number of hydrogen-bond donors (Lipinski definition) is 0. The summed E-state index contributed by atoms with van der Waals surface area (Å²) in [6.45, 7) is 5.91. The molecular formula is C30H34Cl2N6O4. The Balaban J connectivity index is 2.07. The van der Waals surface area contributed by atoms with Gasteiger partial charge in [0.2, 0.25) is 11.8 Å². The van der Waals surface area contributed by atoms with Gasteiger partial charge in [-0.25, -0.2) is 14.5 Å². The van der Waals surface area contributed by atoms with Crippen LogP contribution in [-0.4, -0.2) is 58.1 Å². The molecule has 0 aliphatic heterocycles. The van der Waals surface area contributed by atoms with Gasteiger partial charge in [-0.2, -0.15) is 10.1 Å². The second kappa shape index (κ2) is 13.0. The largest absolute Gasteiger partial charge is 0.479 e. The summed E-state index contributed by atoms with van der Waals surface area (Å²) in [7, 11) is 6.83. The number of hydrogen-bond acceptors (Lipinski definition) is 8. The first-order chi connectivity index (χ1) is 20.0. The van der Waals surface area contributed by atoms with Gasteiger partial charge in [-0.3, -0.25) is 4.79 Å². The van der Waals surface area contributed by atoms with E-state index < -0.39 is 11.9 Å². The summed E-state index contributed by atoms with van der Waals surface area (Å²) < 4.78 is 14.2. The number of esters is 1. The monoisotopic (exact) mass is 612 g/mol. The number of carbonyl (C=O) groups is 1. The smallest absolute Gasteiger partial charge is 0.359 e. The van der Waals surface area contributed by atoms with Crippen LogP contribution >= 0.6 is 23.2 Å². The Morgan fingerprint density at radius 2 is 1.81 bits per heavy atom. The van der Waals surface area contributed by atoms with Crippen LogP contribution in [0.3, 0.4) is 0 Å². The molecule has 4 aromatic rings. The van der Waals surface area contributed by atoms with Crippen molar-refractivity contribution in [2.75, 3.05) is 32.7 Å². The molecule has 0 amide bonds. The number of halogens is 2. The van der Waals surface area contributed by atoms with Crippen LogP contribution in [0.4, 0.5) is 5.95 Å². The normalized spacial score (nSPS) is 12.0. The fraction of sp³-hybridized carbons (Fsp3) is 0.367. The van der Waals surface area contributed by atoms with Crippen molar-refractivity contribution in [2.45, 2.75) is 39.0 Å². The summed E-state index contributed by atoms with van der Waals surface area (Å²) in [4.78, 5) is 37.6. The summed E-state index contributed by atoms with van der Waals surface area (Å²) in [6.07, 6.45) is 3.42. The Kier molecular flexibility index (Phi) is 9.58. The average Bonchev–Trinajstić information content (AvgIpc) is 3.35. The summed E-state index contributed by atoms with van der Waals surface area (Å²) >= 11 is 12.6. The highest BCUT2D eigenvalue weighted by Gasteiger charge is 2.34. The molecule has 0 saturated heterocycles. The third-order valence-electron chi connectivity index (χ3n) is 6.79. The molecule has 1 atom stereocenters. The second-order valence-corrected chi connectivity index (χ2v) is 11.2. The fourth-order valence-electron chi connectivity index (χ4n) is 4.92. The first-order valence-electron chi connectivity index (χ1n) is 13.5. The van der Waals surface area contributed by atoms with Crippen LogP contribution in [0.5, 0.6) is 5.88 Å². The van der Waals surface area contributed by atoms with Gasteiger partial charge in [-0.15, -0.1) is 0 Å². The highest BCUT2D eigenvalue weighted by molar-refractivity contribution is 6.30. The third kappa shape index (κ3) is 6.29. The number of nitrogens with zero attached hydrogens (tertiary/aromatic N) is 6. The zero-order valence-corrected chi connectivity index (χ0v) is 26.2. The molecule has 1 aromatic carbocycles. The van der Waals surface area contributed by atoms with Crippen molar-refractivity contribution in [1.29, 1.82) is 0 Å².